The molecule has 170 valence electrons. The fraction of sp³-hybridized carbons (Fsp3) is 0.222. The average molecular weight is 484 g/mol. The van der Waals surface area contributed by atoms with Crippen molar-refractivity contribution in [3.63, 3.8) is 0 Å². The summed E-state index contributed by atoms with van der Waals surface area (Å²) in [6, 6.07) is 9.98. The Balaban J connectivity index is 1.50. The van der Waals surface area contributed by atoms with Gasteiger partial charge in [-0.15, -0.1) is 0 Å². The van der Waals surface area contributed by atoms with Gasteiger partial charge >= 0.3 is 12.3 Å². The molecule has 0 aromatic heterocycles. The van der Waals surface area contributed by atoms with Gasteiger partial charge in [0.25, 0.3) is 11.4 Å². The maximum atomic E-state index is 11.5. The van der Waals surface area contributed by atoms with Gasteiger partial charge in [0.15, 0.2) is 0 Å². The van der Waals surface area contributed by atoms with Gasteiger partial charge in [-0.3, -0.25) is 20.2 Å². The van der Waals surface area contributed by atoms with Gasteiger partial charge in [-0.2, -0.15) is 0 Å². The van der Waals surface area contributed by atoms with Crippen molar-refractivity contribution < 1.29 is 38.4 Å². The highest BCUT2D eigenvalue weighted by Crippen LogP contribution is 2.21. The first-order valence-corrected chi connectivity index (χ1v) is 11.3. The lowest BCUT2D eigenvalue weighted by atomic mass is 10.3. The lowest BCUT2D eigenvalue weighted by Gasteiger charge is -2.06. The molecule has 32 heavy (non-hydrogen) atoms. The van der Waals surface area contributed by atoms with Crippen molar-refractivity contribution in [1.82, 2.24) is 0 Å². The van der Waals surface area contributed by atoms with Crippen LogP contribution in [0.3, 0.4) is 0 Å². The third kappa shape index (κ3) is 9.09. The average Bonchev–Trinajstić information content (AvgIpc) is 2.76. The Morgan fingerprint density at radius 3 is 1.34 bits per heavy atom. The zero-order chi connectivity index (χ0) is 23.3. The van der Waals surface area contributed by atoms with E-state index in [1.165, 1.54) is 70.1 Å². The van der Waals surface area contributed by atoms with Crippen LogP contribution in [0.15, 0.2) is 48.5 Å². The van der Waals surface area contributed by atoms with Crippen LogP contribution >= 0.6 is 21.6 Å². The Labute approximate surface area is 188 Å². The molecule has 0 spiro atoms. The highest BCUT2D eigenvalue weighted by Gasteiger charge is 2.10. The molecule has 12 nitrogen and oxygen atoms in total. The van der Waals surface area contributed by atoms with E-state index >= 15 is 0 Å². The minimum Gasteiger partial charge on any atom is -0.433 e. The summed E-state index contributed by atoms with van der Waals surface area (Å²) in [5, 5.41) is 21.1. The predicted molar refractivity (Wildman–Crippen MR) is 115 cm³/mol. The smallest absolute Gasteiger partial charge is 0.433 e. The molecular weight excluding hydrogens is 468 g/mol. The van der Waals surface area contributed by atoms with Gasteiger partial charge in [-0.1, -0.05) is 21.6 Å². The van der Waals surface area contributed by atoms with Crippen LogP contribution < -0.4 is 9.47 Å². The number of nitrogens with zero attached hydrogens (tertiary/aromatic N) is 2. The largest absolute Gasteiger partial charge is 0.513 e. The lowest BCUT2D eigenvalue weighted by Crippen LogP contribution is -2.13. The molecule has 0 saturated carbocycles. The highest BCUT2D eigenvalue weighted by molar-refractivity contribution is 8.76. The molecule has 0 saturated heterocycles. The highest BCUT2D eigenvalue weighted by atomic mass is 33.1. The molecule has 0 radical (unpaired) electrons. The van der Waals surface area contributed by atoms with Crippen LogP contribution in [0.2, 0.25) is 0 Å². The molecule has 0 fully saturated rings. The summed E-state index contributed by atoms with van der Waals surface area (Å²) in [4.78, 5) is 43.1. The number of rotatable bonds is 11. The van der Waals surface area contributed by atoms with E-state index in [1.807, 2.05) is 0 Å². The first-order valence-electron chi connectivity index (χ1n) is 8.77. The second-order valence-corrected chi connectivity index (χ2v) is 8.25. The van der Waals surface area contributed by atoms with Crippen LogP contribution in [-0.2, 0) is 9.47 Å². The van der Waals surface area contributed by atoms with Crippen LogP contribution in [0.5, 0.6) is 11.5 Å². The normalized spacial score (nSPS) is 10.1. The molecule has 0 unspecified atom stereocenters. The first-order chi connectivity index (χ1) is 15.3. The summed E-state index contributed by atoms with van der Waals surface area (Å²) in [6.07, 6.45) is -1.86. The Morgan fingerprint density at radius 1 is 0.688 bits per heavy atom. The van der Waals surface area contributed by atoms with Gasteiger partial charge in [0.2, 0.25) is 0 Å². The van der Waals surface area contributed by atoms with Crippen molar-refractivity contribution in [3.05, 3.63) is 68.8 Å². The first kappa shape index (κ1) is 24.7. The van der Waals surface area contributed by atoms with Gasteiger partial charge in [-0.25, -0.2) is 9.59 Å². The Bertz CT molecular complexity index is 860. The molecular formula is C18H16N2O10S2. The second kappa shape index (κ2) is 13.0. The van der Waals surface area contributed by atoms with Crippen molar-refractivity contribution in [2.24, 2.45) is 0 Å². The number of nitro groups is 2. The summed E-state index contributed by atoms with van der Waals surface area (Å²) in [5.41, 5.74) is -0.245. The summed E-state index contributed by atoms with van der Waals surface area (Å²) in [6.45, 7) is 0.152. The van der Waals surface area contributed by atoms with E-state index in [9.17, 15) is 29.8 Å². The van der Waals surface area contributed by atoms with Crippen LogP contribution in [0.25, 0.3) is 0 Å². The number of ether oxygens (including phenoxy) is 4. The minimum absolute atomic E-state index is 0.0759. The van der Waals surface area contributed by atoms with Crippen molar-refractivity contribution in [2.75, 3.05) is 24.7 Å². The molecule has 0 aliphatic heterocycles. The summed E-state index contributed by atoms with van der Waals surface area (Å²) >= 11 is 0. The maximum Gasteiger partial charge on any atom is 0.513 e. The monoisotopic (exact) mass is 484 g/mol. The van der Waals surface area contributed by atoms with Crippen molar-refractivity contribution >= 4 is 45.3 Å². The zero-order valence-corrected chi connectivity index (χ0v) is 17.9. The molecule has 0 bridgehead atoms. The quantitative estimate of drug-likeness (QED) is 0.109. The van der Waals surface area contributed by atoms with Crippen LogP contribution in [0.4, 0.5) is 21.0 Å². The van der Waals surface area contributed by atoms with E-state index in [0.717, 1.165) is 0 Å². The number of hydrogen-bond donors (Lipinski definition) is 0. The lowest BCUT2D eigenvalue weighted by molar-refractivity contribution is -0.385. The second-order valence-electron chi connectivity index (χ2n) is 5.55. The van der Waals surface area contributed by atoms with Gasteiger partial charge < -0.3 is 18.9 Å². The fourth-order valence-electron chi connectivity index (χ4n) is 1.96. The van der Waals surface area contributed by atoms with Gasteiger partial charge in [0.1, 0.15) is 24.7 Å². The van der Waals surface area contributed by atoms with E-state index in [-0.39, 0.29) is 36.1 Å². The summed E-state index contributed by atoms with van der Waals surface area (Å²) < 4.78 is 19.5. The van der Waals surface area contributed by atoms with Gasteiger partial charge in [0, 0.05) is 35.8 Å². The van der Waals surface area contributed by atoms with Crippen molar-refractivity contribution in [2.45, 2.75) is 0 Å². The minimum atomic E-state index is -0.929. The third-order valence-corrected chi connectivity index (χ3v) is 5.69. The number of carbonyl (C=O) groups excluding carboxylic acids is 2. The van der Waals surface area contributed by atoms with Crippen LogP contribution in [0.1, 0.15) is 0 Å². The molecule has 14 heteroatoms. The van der Waals surface area contributed by atoms with Gasteiger partial charge in [0.05, 0.1) is 9.85 Å². The maximum absolute atomic E-state index is 11.5. The van der Waals surface area contributed by atoms with E-state index in [1.54, 1.807) is 0 Å². The Hall–Kier alpha value is -3.52. The molecule has 0 atom stereocenters. The molecule has 0 heterocycles. The van der Waals surface area contributed by atoms with E-state index < -0.39 is 22.2 Å². The zero-order valence-electron chi connectivity index (χ0n) is 16.2. The Kier molecular flexibility index (Phi) is 10.1. The number of nitro benzene ring substituents is 2. The van der Waals surface area contributed by atoms with E-state index in [2.05, 4.69) is 0 Å². The number of non-ortho nitro benzene ring substituents is 2. The van der Waals surface area contributed by atoms with E-state index in [4.69, 9.17) is 18.9 Å². The topological polar surface area (TPSA) is 157 Å². The Morgan fingerprint density at radius 2 is 1.03 bits per heavy atom. The van der Waals surface area contributed by atoms with Crippen molar-refractivity contribution in [1.29, 1.82) is 0 Å². The predicted octanol–water partition coefficient (Wildman–Crippen LogP) is 4.62. The number of carbonyl (C=O) groups is 2. The summed E-state index contributed by atoms with van der Waals surface area (Å²) in [7, 11) is 2.76. The molecule has 2 aromatic carbocycles. The molecule has 2 aromatic rings. The number of benzene rings is 2. The van der Waals surface area contributed by atoms with Crippen LogP contribution in [-0.4, -0.2) is 46.9 Å². The third-order valence-electron chi connectivity index (χ3n) is 3.35. The fourth-order valence-corrected chi connectivity index (χ4v) is 3.61. The van der Waals surface area contributed by atoms with Gasteiger partial charge in [-0.05, 0) is 24.3 Å². The molecule has 0 N–H and O–H groups in total. The molecule has 2 rings (SSSR count). The van der Waals surface area contributed by atoms with E-state index in [0.29, 0.717) is 11.5 Å². The molecule has 0 aliphatic rings. The molecule has 0 amide bonds. The molecule has 0 aliphatic carbocycles. The SMILES string of the molecule is O=C(OCCSSCCOC(=O)Oc1ccc([N+](=O)[O-])cc1)Oc1ccc([N+](=O)[O-])cc1. The standard InChI is InChI=1S/C18H16N2O10S2/c21-17(29-15-5-1-13(2-6-15)19(23)24)27-9-11-31-32-12-10-28-18(22)30-16-7-3-14(4-8-16)20(25)26/h1-8H,9-12H2. The summed E-state index contributed by atoms with van der Waals surface area (Å²) in [5.74, 6) is 1.15. The van der Waals surface area contributed by atoms with Crippen LogP contribution in [0, 0.1) is 20.2 Å². The number of hydrogen-bond acceptors (Lipinski definition) is 12. The van der Waals surface area contributed by atoms with Crippen molar-refractivity contribution in [3.8, 4) is 11.5 Å².